The molecule has 232 valence electrons. The van der Waals surface area contributed by atoms with Gasteiger partial charge in [-0.3, -0.25) is 19.6 Å². The molecule has 10 nitrogen and oxygen atoms in total. The van der Waals surface area contributed by atoms with Crippen molar-refractivity contribution in [2.24, 2.45) is 10.1 Å². The third-order valence-corrected chi connectivity index (χ3v) is 5.14. The first kappa shape index (κ1) is 38.0. The first-order chi connectivity index (χ1) is 20.4. The zero-order chi connectivity index (χ0) is 31.3. The number of oxime groups is 1. The summed E-state index contributed by atoms with van der Waals surface area (Å²) in [7, 11) is 0. The molecule has 0 saturated heterocycles. The smallest absolute Gasteiger partial charge is 0.221 e. The summed E-state index contributed by atoms with van der Waals surface area (Å²) in [4.78, 5) is 39.5. The van der Waals surface area contributed by atoms with Crippen molar-refractivity contribution in [1.82, 2.24) is 15.2 Å². The van der Waals surface area contributed by atoms with Gasteiger partial charge in [0.25, 0.3) is 0 Å². The summed E-state index contributed by atoms with van der Waals surface area (Å²) < 4.78 is 0. The third-order valence-electron chi connectivity index (χ3n) is 5.14. The number of ketones is 1. The van der Waals surface area contributed by atoms with Crippen molar-refractivity contribution in [3.05, 3.63) is 42.8 Å². The number of Topliss-reactive ketones (excluding diaryl/α,β-unsaturated/α-hetero) is 1. The molecule has 1 aromatic heterocycles. The van der Waals surface area contributed by atoms with Crippen LogP contribution in [0.25, 0.3) is 0 Å². The molecule has 1 fully saturated rings. The van der Waals surface area contributed by atoms with Crippen LogP contribution < -0.4 is 16.0 Å². The Morgan fingerprint density at radius 3 is 2.52 bits per heavy atom. The molecule has 0 aromatic carbocycles. The quantitative estimate of drug-likeness (QED) is 0.0552. The fourth-order valence-corrected chi connectivity index (χ4v) is 3.09. The lowest BCUT2D eigenvalue weighted by molar-refractivity contribution is -0.122. The summed E-state index contributed by atoms with van der Waals surface area (Å²) in [5.41, 5.74) is 1.40. The third kappa shape index (κ3) is 22.8. The maximum absolute atomic E-state index is 11.8. The molecular weight excluding hydrogens is 530 g/mol. The Morgan fingerprint density at radius 2 is 1.90 bits per heavy atom. The maximum atomic E-state index is 11.8. The van der Waals surface area contributed by atoms with E-state index in [9.17, 15) is 9.59 Å². The van der Waals surface area contributed by atoms with Crippen LogP contribution in [0.1, 0.15) is 66.7 Å². The second-order valence-corrected chi connectivity index (χ2v) is 9.16. The minimum atomic E-state index is -0.145. The van der Waals surface area contributed by atoms with Gasteiger partial charge in [0, 0.05) is 32.4 Å². The predicted octanol–water partition coefficient (Wildman–Crippen LogP) is 5.08. The molecule has 1 amide bonds. The number of hydrogen-bond acceptors (Lipinski definition) is 8. The minimum Gasteiger partial charge on any atom is -0.388 e. The van der Waals surface area contributed by atoms with Crippen LogP contribution in [0.3, 0.4) is 0 Å². The van der Waals surface area contributed by atoms with Gasteiger partial charge in [-0.1, -0.05) is 55.6 Å². The van der Waals surface area contributed by atoms with E-state index in [-0.39, 0.29) is 24.8 Å². The normalized spacial score (nSPS) is 12.1. The number of hydrogen-bond donors (Lipinski definition) is 3. The average Bonchev–Trinajstić information content (AvgIpc) is 3.85. The van der Waals surface area contributed by atoms with Gasteiger partial charge in [0.2, 0.25) is 5.91 Å². The number of pyridine rings is 1. The van der Waals surface area contributed by atoms with E-state index in [2.05, 4.69) is 62.4 Å². The van der Waals surface area contributed by atoms with Crippen LogP contribution >= 0.6 is 0 Å². The van der Waals surface area contributed by atoms with Crippen LogP contribution in [0.2, 0.25) is 0 Å². The lowest BCUT2D eigenvalue weighted by Crippen LogP contribution is -2.38. The summed E-state index contributed by atoms with van der Waals surface area (Å²) in [6.07, 6.45) is 24.0. The molecule has 0 atom stereocenters. The Labute approximate surface area is 253 Å². The van der Waals surface area contributed by atoms with E-state index in [1.807, 2.05) is 19.1 Å². The van der Waals surface area contributed by atoms with Crippen LogP contribution in [0.4, 0.5) is 11.4 Å². The highest BCUT2D eigenvalue weighted by Crippen LogP contribution is 2.19. The minimum absolute atomic E-state index is 0.0342. The van der Waals surface area contributed by atoms with Crippen molar-refractivity contribution in [1.29, 1.82) is 0 Å². The lowest BCUT2D eigenvalue weighted by Gasteiger charge is -2.26. The summed E-state index contributed by atoms with van der Waals surface area (Å²) in [6, 6.07) is 1.76. The number of carbonyl (C=O) groups is 2. The largest absolute Gasteiger partial charge is 0.388 e. The van der Waals surface area contributed by atoms with Gasteiger partial charge in [-0.05, 0) is 46.2 Å². The number of nitrogens with one attached hydrogen (secondary N) is 3. The number of allylic oxidation sites excluding steroid dienone is 2. The molecule has 0 radical (unpaired) electrons. The van der Waals surface area contributed by atoms with Crippen LogP contribution in [0.5, 0.6) is 0 Å². The molecule has 1 heterocycles. The summed E-state index contributed by atoms with van der Waals surface area (Å²) in [5.74, 6) is 2.95. The number of anilines is 2. The Balaban J connectivity index is 0.00000251. The van der Waals surface area contributed by atoms with Crippen molar-refractivity contribution >= 4 is 35.1 Å². The van der Waals surface area contributed by atoms with Gasteiger partial charge in [-0.2, -0.15) is 0 Å². The fraction of sp³-hybridized carbons (Fsp3) is 0.531. The monoisotopic (exact) mass is 581 g/mol. The molecule has 10 heteroatoms. The second-order valence-electron chi connectivity index (χ2n) is 9.16. The van der Waals surface area contributed by atoms with E-state index in [0.29, 0.717) is 25.3 Å². The molecule has 0 aliphatic heterocycles. The first-order valence-electron chi connectivity index (χ1n) is 14.6. The Bertz CT molecular complexity index is 1020. The molecule has 3 N–H and O–H groups in total. The highest BCUT2D eigenvalue weighted by molar-refractivity contribution is 5.93. The molecular formula is C32H51N7O3. The first-order valence-corrected chi connectivity index (χ1v) is 14.6. The highest BCUT2D eigenvalue weighted by Gasteiger charge is 2.12. The van der Waals surface area contributed by atoms with E-state index in [1.54, 1.807) is 32.3 Å². The number of amides is 1. The van der Waals surface area contributed by atoms with E-state index < -0.39 is 0 Å². The van der Waals surface area contributed by atoms with Gasteiger partial charge in [0.05, 0.1) is 37.2 Å². The molecule has 1 aliphatic carbocycles. The molecule has 1 aliphatic rings. The Kier molecular flexibility index (Phi) is 24.6. The number of carbonyl (C=O) groups excluding carboxylic acids is 2. The van der Waals surface area contributed by atoms with Crippen molar-refractivity contribution in [2.45, 2.75) is 66.7 Å². The van der Waals surface area contributed by atoms with Crippen LogP contribution in [-0.2, 0) is 14.4 Å². The zero-order valence-corrected chi connectivity index (χ0v) is 26.2. The van der Waals surface area contributed by atoms with Crippen molar-refractivity contribution in [2.75, 3.05) is 56.5 Å². The zero-order valence-electron chi connectivity index (χ0n) is 26.2. The number of nitrogens with zero attached hydrogens (tertiary/aromatic N) is 4. The average molecular weight is 582 g/mol. The molecule has 2 rings (SSSR count). The van der Waals surface area contributed by atoms with Gasteiger partial charge in [0.1, 0.15) is 5.84 Å². The van der Waals surface area contributed by atoms with Crippen molar-refractivity contribution in [3.63, 3.8) is 0 Å². The van der Waals surface area contributed by atoms with Crippen LogP contribution in [0.15, 0.2) is 52.9 Å². The molecule has 0 unspecified atom stereocenters. The number of aromatic nitrogens is 1. The van der Waals surface area contributed by atoms with Gasteiger partial charge in [-0.25, -0.2) is 0 Å². The van der Waals surface area contributed by atoms with Gasteiger partial charge < -0.3 is 25.7 Å². The van der Waals surface area contributed by atoms with Crippen molar-refractivity contribution < 1.29 is 14.4 Å². The Hall–Kier alpha value is -3.97. The standard InChI is InChI=1S/C26H41N7O3.C3H6.C3H4/c1-5-8-10-16-33(17-11-13-27-18-23(35)21-36-31-7-3)26(29-14-9-6-2)20-30-25-19-28-15-12-24(25)32-22(4)34;1-2-3-1;1-3-2/h6-10,12,15,19,27,30H,5,11,13-14,16-18,20-21H2,1-4H3,(H,28,32,34);1-3H2;1H,2H3/b9-6-,10-8-,29-26?,31-7-;;. The van der Waals surface area contributed by atoms with E-state index >= 15 is 0 Å². The van der Waals surface area contributed by atoms with E-state index in [0.717, 1.165) is 37.5 Å². The van der Waals surface area contributed by atoms with E-state index in [4.69, 9.17) is 9.83 Å². The summed E-state index contributed by atoms with van der Waals surface area (Å²) in [5, 5.41) is 13.0. The highest BCUT2D eigenvalue weighted by atomic mass is 16.6. The number of amidine groups is 1. The van der Waals surface area contributed by atoms with Crippen molar-refractivity contribution in [3.8, 4) is 12.3 Å². The predicted molar refractivity (Wildman–Crippen MR) is 176 cm³/mol. The molecule has 42 heavy (non-hydrogen) atoms. The Morgan fingerprint density at radius 1 is 1.17 bits per heavy atom. The lowest BCUT2D eigenvalue weighted by atomic mass is 10.3. The fourth-order valence-electron chi connectivity index (χ4n) is 3.09. The van der Waals surface area contributed by atoms with E-state index in [1.165, 1.54) is 32.4 Å². The number of aliphatic imine (C=N–C) groups is 1. The summed E-state index contributed by atoms with van der Waals surface area (Å²) >= 11 is 0. The maximum Gasteiger partial charge on any atom is 0.221 e. The molecule has 0 bridgehead atoms. The SMILES string of the molecule is C#CC.C/C=C\CN=C(CNc1cnccc1NC(C)=O)N(C/C=C\CC)CCCNCC(=O)CO/N=C\C.C1CC1. The van der Waals surface area contributed by atoms with Gasteiger partial charge in [0.15, 0.2) is 12.4 Å². The molecule has 1 saturated carbocycles. The van der Waals surface area contributed by atoms with Gasteiger partial charge >= 0.3 is 0 Å². The number of terminal acetylenes is 1. The molecule has 1 aromatic rings. The summed E-state index contributed by atoms with van der Waals surface area (Å²) in [6.45, 7) is 12.3. The topological polar surface area (TPSA) is 120 Å². The molecule has 0 spiro atoms. The second kappa shape index (κ2) is 27.2. The van der Waals surface area contributed by atoms with Crippen LogP contribution in [0, 0.1) is 12.3 Å². The van der Waals surface area contributed by atoms with Crippen LogP contribution in [-0.4, -0.2) is 79.5 Å². The van der Waals surface area contributed by atoms with Gasteiger partial charge in [-0.15, -0.1) is 12.3 Å². The number of rotatable bonds is 18.